The Kier molecular flexibility index (Phi) is 5.83. The van der Waals surface area contributed by atoms with Crippen molar-refractivity contribution in [1.29, 1.82) is 0 Å². The third-order valence-electron chi connectivity index (χ3n) is 2.47. The van der Waals surface area contributed by atoms with Gasteiger partial charge in [0.15, 0.2) is 0 Å². The number of urea groups is 1. The minimum atomic E-state index is -0.868. The number of primary amides is 1. The Morgan fingerprint density at radius 1 is 1.25 bits per heavy atom. The van der Waals surface area contributed by atoms with Crippen LogP contribution in [0, 0.1) is 5.92 Å². The standard InChI is InChI=1S/C14H21N3O3/c1-9(2)8-20-12-7-5-4-6-11(12)16-10(3)13(18)17-14(15)19/h4-7,9-10,16H,8H2,1-3H3,(H3,15,17,18,19). The van der Waals surface area contributed by atoms with Crippen molar-refractivity contribution < 1.29 is 14.3 Å². The largest absolute Gasteiger partial charge is 0.491 e. The first kappa shape index (κ1) is 15.8. The van der Waals surface area contributed by atoms with Crippen LogP contribution in [0.5, 0.6) is 5.75 Å². The van der Waals surface area contributed by atoms with Gasteiger partial charge in [-0.2, -0.15) is 0 Å². The third-order valence-corrected chi connectivity index (χ3v) is 2.47. The Balaban J connectivity index is 2.71. The normalized spacial score (nSPS) is 11.8. The van der Waals surface area contributed by atoms with Crippen LogP contribution in [-0.2, 0) is 4.79 Å². The number of carbonyl (C=O) groups excluding carboxylic acids is 2. The molecule has 0 bridgehead atoms. The molecule has 6 nitrogen and oxygen atoms in total. The van der Waals surface area contributed by atoms with Gasteiger partial charge in [-0.25, -0.2) is 4.79 Å². The number of ether oxygens (including phenoxy) is 1. The molecule has 0 saturated heterocycles. The van der Waals surface area contributed by atoms with Crippen LogP contribution in [0.15, 0.2) is 24.3 Å². The minimum absolute atomic E-state index is 0.402. The first-order chi connectivity index (χ1) is 9.40. The van der Waals surface area contributed by atoms with Gasteiger partial charge in [0.05, 0.1) is 12.3 Å². The number of nitrogens with one attached hydrogen (secondary N) is 2. The van der Waals surface area contributed by atoms with Crippen LogP contribution in [0.1, 0.15) is 20.8 Å². The van der Waals surface area contributed by atoms with E-state index in [1.165, 1.54) is 0 Å². The summed E-state index contributed by atoms with van der Waals surface area (Å²) in [6.07, 6.45) is 0. The zero-order valence-corrected chi connectivity index (χ0v) is 12.0. The summed E-state index contributed by atoms with van der Waals surface area (Å²) < 4.78 is 5.67. The monoisotopic (exact) mass is 279 g/mol. The zero-order valence-electron chi connectivity index (χ0n) is 12.0. The van der Waals surface area contributed by atoms with Crippen molar-refractivity contribution in [3.05, 3.63) is 24.3 Å². The lowest BCUT2D eigenvalue weighted by Gasteiger charge is -2.18. The molecule has 110 valence electrons. The van der Waals surface area contributed by atoms with Gasteiger partial charge in [0.2, 0.25) is 5.91 Å². The number of imide groups is 1. The summed E-state index contributed by atoms with van der Waals surface area (Å²) in [7, 11) is 0. The van der Waals surface area contributed by atoms with E-state index < -0.39 is 18.0 Å². The van der Waals surface area contributed by atoms with Crippen molar-refractivity contribution in [3.63, 3.8) is 0 Å². The number of amides is 3. The number of para-hydroxylation sites is 2. The van der Waals surface area contributed by atoms with E-state index >= 15 is 0 Å². The summed E-state index contributed by atoms with van der Waals surface area (Å²) >= 11 is 0. The zero-order chi connectivity index (χ0) is 15.1. The van der Waals surface area contributed by atoms with Gasteiger partial charge in [-0.1, -0.05) is 26.0 Å². The lowest BCUT2D eigenvalue weighted by molar-refractivity contribution is -0.120. The van der Waals surface area contributed by atoms with Crippen LogP contribution in [0.4, 0.5) is 10.5 Å². The van der Waals surface area contributed by atoms with E-state index in [9.17, 15) is 9.59 Å². The lowest BCUT2D eigenvalue weighted by Crippen LogP contribution is -2.43. The Labute approximate surface area is 118 Å². The number of rotatable bonds is 6. The molecule has 0 spiro atoms. The fourth-order valence-electron chi connectivity index (χ4n) is 1.50. The van der Waals surface area contributed by atoms with Gasteiger partial charge < -0.3 is 15.8 Å². The molecule has 0 saturated carbocycles. The van der Waals surface area contributed by atoms with E-state index in [1.54, 1.807) is 6.92 Å². The van der Waals surface area contributed by atoms with Crippen LogP contribution in [0.2, 0.25) is 0 Å². The summed E-state index contributed by atoms with van der Waals surface area (Å²) in [6, 6.07) is 5.85. The van der Waals surface area contributed by atoms with Crippen molar-refractivity contribution in [3.8, 4) is 5.75 Å². The molecule has 0 aromatic heterocycles. The number of hydrogen-bond acceptors (Lipinski definition) is 4. The molecule has 0 radical (unpaired) electrons. The molecule has 0 fully saturated rings. The highest BCUT2D eigenvalue weighted by molar-refractivity contribution is 5.97. The van der Waals surface area contributed by atoms with E-state index in [2.05, 4.69) is 19.2 Å². The van der Waals surface area contributed by atoms with E-state index in [4.69, 9.17) is 10.5 Å². The predicted octanol–water partition coefficient (Wildman–Crippen LogP) is 1.72. The summed E-state index contributed by atoms with van der Waals surface area (Å²) in [5, 5.41) is 5.02. The first-order valence-electron chi connectivity index (χ1n) is 6.48. The minimum Gasteiger partial charge on any atom is -0.491 e. The van der Waals surface area contributed by atoms with Crippen LogP contribution in [0.3, 0.4) is 0 Å². The van der Waals surface area contributed by atoms with Gasteiger partial charge in [0.25, 0.3) is 0 Å². The van der Waals surface area contributed by atoms with Crippen molar-refractivity contribution in [2.75, 3.05) is 11.9 Å². The molecule has 0 aliphatic carbocycles. The molecule has 20 heavy (non-hydrogen) atoms. The topological polar surface area (TPSA) is 93.4 Å². The molecular formula is C14H21N3O3. The van der Waals surface area contributed by atoms with Crippen LogP contribution < -0.4 is 21.1 Å². The molecule has 1 rings (SSSR count). The Bertz CT molecular complexity index is 474. The van der Waals surface area contributed by atoms with Crippen molar-refractivity contribution in [2.45, 2.75) is 26.8 Å². The number of carbonyl (C=O) groups is 2. The van der Waals surface area contributed by atoms with Gasteiger partial charge >= 0.3 is 6.03 Å². The fourth-order valence-corrected chi connectivity index (χ4v) is 1.50. The quantitative estimate of drug-likeness (QED) is 0.739. The van der Waals surface area contributed by atoms with Gasteiger partial charge in [-0.3, -0.25) is 10.1 Å². The molecule has 1 unspecified atom stereocenters. The molecular weight excluding hydrogens is 258 g/mol. The second-order valence-electron chi connectivity index (χ2n) is 4.92. The van der Waals surface area contributed by atoms with Crippen molar-refractivity contribution in [1.82, 2.24) is 5.32 Å². The second-order valence-corrected chi connectivity index (χ2v) is 4.92. The van der Waals surface area contributed by atoms with E-state index in [0.717, 1.165) is 0 Å². The maximum Gasteiger partial charge on any atom is 0.318 e. The lowest BCUT2D eigenvalue weighted by atomic mass is 10.2. The fraction of sp³-hybridized carbons (Fsp3) is 0.429. The number of anilines is 1. The summed E-state index contributed by atoms with van der Waals surface area (Å²) in [5.41, 5.74) is 5.61. The average Bonchev–Trinajstić information content (AvgIpc) is 2.36. The van der Waals surface area contributed by atoms with Crippen molar-refractivity contribution in [2.24, 2.45) is 11.7 Å². The molecule has 3 amide bonds. The average molecular weight is 279 g/mol. The third kappa shape index (κ3) is 5.17. The Morgan fingerprint density at radius 2 is 1.90 bits per heavy atom. The number of benzene rings is 1. The van der Waals surface area contributed by atoms with Gasteiger partial charge in [0, 0.05) is 0 Å². The van der Waals surface area contributed by atoms with E-state index in [-0.39, 0.29) is 0 Å². The Morgan fingerprint density at radius 3 is 2.50 bits per heavy atom. The van der Waals surface area contributed by atoms with Crippen LogP contribution in [0.25, 0.3) is 0 Å². The number of hydrogen-bond donors (Lipinski definition) is 3. The van der Waals surface area contributed by atoms with Crippen LogP contribution in [-0.4, -0.2) is 24.6 Å². The maximum absolute atomic E-state index is 11.6. The molecule has 0 heterocycles. The maximum atomic E-state index is 11.6. The van der Waals surface area contributed by atoms with E-state index in [0.29, 0.717) is 24.0 Å². The second kappa shape index (κ2) is 7.37. The first-order valence-corrected chi connectivity index (χ1v) is 6.48. The molecule has 6 heteroatoms. The summed E-state index contributed by atoms with van der Waals surface area (Å²) in [5.74, 6) is 0.578. The molecule has 0 aliphatic rings. The molecule has 0 aliphatic heterocycles. The summed E-state index contributed by atoms with van der Waals surface area (Å²) in [6.45, 7) is 6.33. The van der Waals surface area contributed by atoms with Gasteiger partial charge in [-0.05, 0) is 25.0 Å². The SMILES string of the molecule is CC(C)COc1ccccc1NC(C)C(=O)NC(N)=O. The Hall–Kier alpha value is -2.24. The van der Waals surface area contributed by atoms with Gasteiger partial charge in [-0.15, -0.1) is 0 Å². The predicted molar refractivity (Wildman–Crippen MR) is 77.6 cm³/mol. The van der Waals surface area contributed by atoms with Crippen LogP contribution >= 0.6 is 0 Å². The number of nitrogens with two attached hydrogens (primary N) is 1. The molecule has 1 aromatic rings. The van der Waals surface area contributed by atoms with E-state index in [1.807, 2.05) is 29.6 Å². The highest BCUT2D eigenvalue weighted by Gasteiger charge is 2.15. The summed E-state index contributed by atoms with van der Waals surface area (Å²) in [4.78, 5) is 22.3. The smallest absolute Gasteiger partial charge is 0.318 e. The molecule has 1 atom stereocenters. The highest BCUT2D eigenvalue weighted by atomic mass is 16.5. The highest BCUT2D eigenvalue weighted by Crippen LogP contribution is 2.24. The van der Waals surface area contributed by atoms with Crippen molar-refractivity contribution >= 4 is 17.6 Å². The van der Waals surface area contributed by atoms with Gasteiger partial charge in [0.1, 0.15) is 11.8 Å². The molecule has 1 aromatic carbocycles. The molecule has 4 N–H and O–H groups in total.